The molecule has 0 aliphatic carbocycles. The normalized spacial score (nSPS) is 17.2. The summed E-state index contributed by atoms with van der Waals surface area (Å²) in [7, 11) is -4.26. The SMILES string of the molecule is O=C(O)c1ccc2c(c1)S(=O)(=O)OC21c2ccc(Cl)cc2Oc2cc(Cl)ccc21. The largest absolute Gasteiger partial charge is 0.478 e. The van der Waals surface area contributed by atoms with Gasteiger partial charge < -0.3 is 9.84 Å². The Bertz CT molecular complexity index is 1280. The van der Waals surface area contributed by atoms with Gasteiger partial charge in [0.05, 0.1) is 5.56 Å². The van der Waals surface area contributed by atoms with Crippen molar-refractivity contribution >= 4 is 39.3 Å². The second-order valence-electron chi connectivity index (χ2n) is 6.62. The summed E-state index contributed by atoms with van der Waals surface area (Å²) < 4.78 is 37.6. The van der Waals surface area contributed by atoms with Crippen LogP contribution in [0.15, 0.2) is 59.5 Å². The van der Waals surface area contributed by atoms with Crippen LogP contribution in [0.3, 0.4) is 0 Å². The second-order valence-corrected chi connectivity index (χ2v) is 9.01. The van der Waals surface area contributed by atoms with Gasteiger partial charge in [-0.1, -0.05) is 41.4 Å². The Labute approximate surface area is 175 Å². The lowest BCUT2D eigenvalue weighted by Crippen LogP contribution is -2.33. The van der Waals surface area contributed by atoms with E-state index in [1.54, 1.807) is 36.4 Å². The Balaban J connectivity index is 1.91. The van der Waals surface area contributed by atoms with Gasteiger partial charge in [-0.15, -0.1) is 0 Å². The second kappa shape index (κ2) is 5.96. The molecule has 9 heteroatoms. The Kier molecular flexibility index (Phi) is 3.79. The highest BCUT2D eigenvalue weighted by Crippen LogP contribution is 2.58. The van der Waals surface area contributed by atoms with Crippen LogP contribution in [-0.2, 0) is 19.9 Å². The van der Waals surface area contributed by atoms with Gasteiger partial charge in [-0.3, -0.25) is 0 Å². The number of fused-ring (bicyclic) bond motifs is 6. The molecule has 0 saturated carbocycles. The smallest absolute Gasteiger partial charge is 0.335 e. The molecule has 0 atom stereocenters. The standard InChI is InChI=1S/C20H10Cl2O6S/c21-11-2-5-13-16(8-11)27-17-9-12(22)3-6-14(17)20(13)15-4-1-10(19(23)24)7-18(15)29(25,26)28-20/h1-9H,(H,23,24). The van der Waals surface area contributed by atoms with Crippen LogP contribution in [0.1, 0.15) is 27.0 Å². The van der Waals surface area contributed by atoms with Crippen molar-refractivity contribution in [3.05, 3.63) is 86.9 Å². The highest BCUT2D eigenvalue weighted by molar-refractivity contribution is 7.87. The summed E-state index contributed by atoms with van der Waals surface area (Å²) in [6, 6.07) is 13.5. The fourth-order valence-corrected chi connectivity index (χ4v) is 5.56. The molecule has 0 bridgehead atoms. The first-order valence-electron chi connectivity index (χ1n) is 8.34. The lowest BCUT2D eigenvalue weighted by Gasteiger charge is -2.36. The Hall–Kier alpha value is -2.58. The third kappa shape index (κ3) is 2.52. The van der Waals surface area contributed by atoms with Gasteiger partial charge in [-0.25, -0.2) is 8.98 Å². The average Bonchev–Trinajstić information content (AvgIpc) is 2.89. The zero-order chi connectivity index (χ0) is 20.6. The molecule has 0 unspecified atom stereocenters. The third-order valence-electron chi connectivity index (χ3n) is 4.98. The molecule has 3 aromatic carbocycles. The maximum atomic E-state index is 12.9. The summed E-state index contributed by atoms with van der Waals surface area (Å²) in [5.41, 5.74) is -0.557. The number of aromatic carboxylic acids is 1. The van der Waals surface area contributed by atoms with Crippen molar-refractivity contribution in [3.63, 3.8) is 0 Å². The van der Waals surface area contributed by atoms with Crippen molar-refractivity contribution in [1.29, 1.82) is 0 Å². The van der Waals surface area contributed by atoms with Crippen LogP contribution in [0.4, 0.5) is 0 Å². The molecule has 1 spiro atoms. The van der Waals surface area contributed by atoms with E-state index in [4.69, 9.17) is 32.1 Å². The van der Waals surface area contributed by atoms with Crippen LogP contribution >= 0.6 is 23.2 Å². The molecule has 6 nitrogen and oxygen atoms in total. The van der Waals surface area contributed by atoms with Crippen LogP contribution in [0.5, 0.6) is 11.5 Å². The zero-order valence-corrected chi connectivity index (χ0v) is 16.7. The molecule has 29 heavy (non-hydrogen) atoms. The molecule has 0 fully saturated rings. The van der Waals surface area contributed by atoms with Crippen LogP contribution < -0.4 is 4.74 Å². The molecule has 0 radical (unpaired) electrons. The van der Waals surface area contributed by atoms with E-state index < -0.39 is 21.7 Å². The van der Waals surface area contributed by atoms with E-state index in [1.165, 1.54) is 12.1 Å². The highest BCUT2D eigenvalue weighted by atomic mass is 35.5. The van der Waals surface area contributed by atoms with Gasteiger partial charge >= 0.3 is 5.97 Å². The van der Waals surface area contributed by atoms with E-state index in [-0.39, 0.29) is 16.0 Å². The molecule has 2 heterocycles. The minimum absolute atomic E-state index is 0.160. The van der Waals surface area contributed by atoms with E-state index in [0.29, 0.717) is 32.7 Å². The summed E-state index contributed by atoms with van der Waals surface area (Å²) in [5, 5.41) is 10.1. The van der Waals surface area contributed by atoms with Gasteiger partial charge in [0.25, 0.3) is 10.1 Å². The first kappa shape index (κ1) is 18.4. The number of benzene rings is 3. The number of halogens is 2. The summed E-state index contributed by atoms with van der Waals surface area (Å²) in [6.45, 7) is 0. The molecule has 1 N–H and O–H groups in total. The van der Waals surface area contributed by atoms with Crippen LogP contribution in [0.2, 0.25) is 10.0 Å². The number of hydrogen-bond acceptors (Lipinski definition) is 5. The topological polar surface area (TPSA) is 89.9 Å². The average molecular weight is 449 g/mol. The fourth-order valence-electron chi connectivity index (χ4n) is 3.79. The van der Waals surface area contributed by atoms with Gasteiger partial charge in [0.2, 0.25) is 0 Å². The van der Waals surface area contributed by atoms with Crippen molar-refractivity contribution < 1.29 is 27.2 Å². The number of rotatable bonds is 1. The molecule has 5 rings (SSSR count). The van der Waals surface area contributed by atoms with E-state index in [1.807, 2.05) is 0 Å². The first-order chi connectivity index (χ1) is 13.7. The molecule has 146 valence electrons. The number of ether oxygens (including phenoxy) is 1. The highest BCUT2D eigenvalue weighted by Gasteiger charge is 2.55. The van der Waals surface area contributed by atoms with Gasteiger partial charge in [0.15, 0.2) is 5.60 Å². The number of carbonyl (C=O) groups is 1. The van der Waals surface area contributed by atoms with Crippen LogP contribution in [-0.4, -0.2) is 19.5 Å². The van der Waals surface area contributed by atoms with E-state index in [0.717, 1.165) is 6.07 Å². The van der Waals surface area contributed by atoms with E-state index in [2.05, 4.69) is 0 Å². The number of carboxylic acid groups (broad SMARTS) is 1. The molecule has 0 amide bonds. The molecular weight excluding hydrogens is 439 g/mol. The molecule has 2 aliphatic rings. The van der Waals surface area contributed by atoms with Gasteiger partial charge in [-0.2, -0.15) is 8.42 Å². The summed E-state index contributed by atoms with van der Waals surface area (Å²) in [6.07, 6.45) is 0. The predicted molar refractivity (Wildman–Crippen MR) is 105 cm³/mol. The van der Waals surface area contributed by atoms with Crippen molar-refractivity contribution in [2.45, 2.75) is 10.5 Å². The Morgan fingerprint density at radius 3 is 1.97 bits per heavy atom. The van der Waals surface area contributed by atoms with Crippen molar-refractivity contribution in [2.24, 2.45) is 0 Å². The van der Waals surface area contributed by atoms with Crippen molar-refractivity contribution in [1.82, 2.24) is 0 Å². The van der Waals surface area contributed by atoms with E-state index >= 15 is 0 Å². The molecule has 0 saturated heterocycles. The summed E-state index contributed by atoms with van der Waals surface area (Å²) in [4.78, 5) is 11.2. The van der Waals surface area contributed by atoms with E-state index in [9.17, 15) is 18.3 Å². The zero-order valence-electron chi connectivity index (χ0n) is 14.3. The fraction of sp³-hybridized carbons (Fsp3) is 0.0500. The summed E-state index contributed by atoms with van der Waals surface area (Å²) >= 11 is 12.2. The monoisotopic (exact) mass is 448 g/mol. The van der Waals surface area contributed by atoms with Gasteiger partial charge in [0, 0.05) is 26.7 Å². The van der Waals surface area contributed by atoms with Crippen LogP contribution in [0, 0.1) is 0 Å². The maximum absolute atomic E-state index is 12.9. The van der Waals surface area contributed by atoms with Crippen LogP contribution in [0.25, 0.3) is 0 Å². The summed E-state index contributed by atoms with van der Waals surface area (Å²) in [5.74, 6) is -0.606. The number of carboxylic acids is 1. The first-order valence-corrected chi connectivity index (χ1v) is 10.5. The van der Waals surface area contributed by atoms with Crippen molar-refractivity contribution in [2.75, 3.05) is 0 Å². The minimum atomic E-state index is -4.26. The lowest BCUT2D eigenvalue weighted by molar-refractivity contribution is 0.0696. The lowest BCUT2D eigenvalue weighted by atomic mass is 9.78. The molecule has 0 aromatic heterocycles. The van der Waals surface area contributed by atoms with Gasteiger partial charge in [0.1, 0.15) is 16.4 Å². The third-order valence-corrected chi connectivity index (χ3v) is 6.79. The predicted octanol–water partition coefficient (Wildman–Crippen LogP) is 4.81. The Morgan fingerprint density at radius 1 is 0.862 bits per heavy atom. The molecule has 3 aromatic rings. The minimum Gasteiger partial charge on any atom is -0.478 e. The van der Waals surface area contributed by atoms with Crippen molar-refractivity contribution in [3.8, 4) is 11.5 Å². The Morgan fingerprint density at radius 2 is 1.41 bits per heavy atom. The molecule has 2 aliphatic heterocycles. The maximum Gasteiger partial charge on any atom is 0.335 e. The molecular formula is C20H10Cl2O6S. The number of hydrogen-bond donors (Lipinski definition) is 1. The van der Waals surface area contributed by atoms with Gasteiger partial charge in [-0.05, 0) is 36.4 Å². The quantitative estimate of drug-likeness (QED) is 0.537.